The van der Waals surface area contributed by atoms with E-state index in [1.807, 2.05) is 48.9 Å². The number of rotatable bonds is 7. The first kappa shape index (κ1) is 21.6. The van der Waals surface area contributed by atoms with E-state index in [2.05, 4.69) is 10.1 Å². The van der Waals surface area contributed by atoms with Crippen molar-refractivity contribution in [2.75, 3.05) is 18.1 Å². The molecule has 0 radical (unpaired) electrons. The van der Waals surface area contributed by atoms with E-state index in [0.29, 0.717) is 34.0 Å². The minimum absolute atomic E-state index is 0.172. The minimum Gasteiger partial charge on any atom is -0.482 e. The van der Waals surface area contributed by atoms with Gasteiger partial charge in [0, 0.05) is 17.3 Å². The Balaban J connectivity index is 1.56. The fourth-order valence-electron chi connectivity index (χ4n) is 3.21. The van der Waals surface area contributed by atoms with Gasteiger partial charge in [-0.1, -0.05) is 46.7 Å². The van der Waals surface area contributed by atoms with E-state index < -0.39 is 0 Å². The van der Waals surface area contributed by atoms with E-state index in [1.54, 1.807) is 23.1 Å². The van der Waals surface area contributed by atoms with Crippen molar-refractivity contribution < 1.29 is 9.53 Å². The number of anilines is 1. The molecule has 160 valence electrons. The summed E-state index contributed by atoms with van der Waals surface area (Å²) in [4.78, 5) is 19.4. The number of para-hydroxylation sites is 1. The van der Waals surface area contributed by atoms with Gasteiger partial charge < -0.3 is 4.74 Å². The molecule has 0 aliphatic rings. The van der Waals surface area contributed by atoms with Crippen LogP contribution in [-0.4, -0.2) is 33.8 Å². The summed E-state index contributed by atoms with van der Waals surface area (Å²) in [5, 5.41) is 5.98. The van der Waals surface area contributed by atoms with Crippen molar-refractivity contribution >= 4 is 55.8 Å². The van der Waals surface area contributed by atoms with Gasteiger partial charge in [0.25, 0.3) is 5.91 Å². The molecule has 2 aromatic heterocycles. The number of aryl methyl sites for hydroxylation is 2. The van der Waals surface area contributed by atoms with Gasteiger partial charge in [0.2, 0.25) is 0 Å². The lowest BCUT2D eigenvalue weighted by molar-refractivity contribution is -0.120. The molecule has 0 aliphatic carbocycles. The van der Waals surface area contributed by atoms with Gasteiger partial charge in [0.05, 0.1) is 27.5 Å². The number of amides is 1. The Bertz CT molecular complexity index is 1200. The molecule has 0 N–H and O–H groups in total. The van der Waals surface area contributed by atoms with Crippen LogP contribution in [-0.2, 0) is 11.3 Å². The molecule has 0 saturated carbocycles. The van der Waals surface area contributed by atoms with E-state index >= 15 is 0 Å². The zero-order chi connectivity index (χ0) is 22.0. The van der Waals surface area contributed by atoms with Crippen LogP contribution in [0.2, 0.25) is 10.0 Å². The number of halogens is 2. The largest absolute Gasteiger partial charge is 0.482 e. The molecule has 31 heavy (non-hydrogen) atoms. The number of hydrogen-bond acceptors (Lipinski definition) is 5. The third-order valence-electron chi connectivity index (χ3n) is 4.70. The van der Waals surface area contributed by atoms with E-state index in [4.69, 9.17) is 27.9 Å². The van der Waals surface area contributed by atoms with Crippen LogP contribution >= 0.6 is 34.5 Å². The first-order valence-corrected chi connectivity index (χ1v) is 11.2. The molecule has 6 nitrogen and oxygen atoms in total. The highest BCUT2D eigenvalue weighted by Gasteiger charge is 2.21. The second-order valence-electron chi connectivity index (χ2n) is 7.02. The average Bonchev–Trinajstić information content (AvgIpc) is 3.29. The van der Waals surface area contributed by atoms with Gasteiger partial charge >= 0.3 is 0 Å². The topological polar surface area (TPSA) is 60.2 Å². The second kappa shape index (κ2) is 9.26. The van der Waals surface area contributed by atoms with Crippen molar-refractivity contribution in [3.05, 3.63) is 70.0 Å². The third kappa shape index (κ3) is 5.01. The normalized spacial score (nSPS) is 11.1. The van der Waals surface area contributed by atoms with E-state index in [1.165, 1.54) is 11.3 Å². The Hall–Kier alpha value is -2.61. The second-order valence-corrected chi connectivity index (χ2v) is 8.88. The summed E-state index contributed by atoms with van der Waals surface area (Å²) in [5.74, 6) is 0.189. The highest BCUT2D eigenvalue weighted by atomic mass is 35.5. The Morgan fingerprint density at radius 1 is 1.16 bits per heavy atom. The van der Waals surface area contributed by atoms with Crippen molar-refractivity contribution in [1.82, 2.24) is 14.8 Å². The molecule has 4 aromatic rings. The lowest BCUT2D eigenvalue weighted by Crippen LogP contribution is -2.37. The van der Waals surface area contributed by atoms with Crippen LogP contribution < -0.4 is 9.64 Å². The van der Waals surface area contributed by atoms with Gasteiger partial charge in [-0.05, 0) is 50.2 Å². The number of fused-ring (bicyclic) bond motifs is 1. The molecule has 4 rings (SSSR count). The number of aromatic nitrogens is 3. The molecule has 2 aromatic carbocycles. The van der Waals surface area contributed by atoms with Crippen molar-refractivity contribution in [1.29, 1.82) is 0 Å². The van der Waals surface area contributed by atoms with Gasteiger partial charge in [-0.3, -0.25) is 14.4 Å². The maximum Gasteiger partial charge on any atom is 0.266 e. The quantitative estimate of drug-likeness (QED) is 0.353. The van der Waals surface area contributed by atoms with Gasteiger partial charge in [-0.15, -0.1) is 0 Å². The number of ether oxygens (including phenoxy) is 1. The van der Waals surface area contributed by atoms with Gasteiger partial charge in [0.15, 0.2) is 11.7 Å². The summed E-state index contributed by atoms with van der Waals surface area (Å²) in [6.45, 7) is 4.73. The van der Waals surface area contributed by atoms with Crippen molar-refractivity contribution in [2.24, 2.45) is 0 Å². The number of thiazole rings is 1. The van der Waals surface area contributed by atoms with Crippen LogP contribution in [0.5, 0.6) is 5.75 Å². The number of carbonyl (C=O) groups is 1. The number of nitrogens with zero attached hydrogens (tertiary/aromatic N) is 4. The fourth-order valence-corrected chi connectivity index (χ4v) is 4.68. The first-order valence-electron chi connectivity index (χ1n) is 9.65. The highest BCUT2D eigenvalue weighted by molar-refractivity contribution is 7.22. The summed E-state index contributed by atoms with van der Waals surface area (Å²) >= 11 is 13.6. The third-order valence-corrected chi connectivity index (χ3v) is 6.29. The molecule has 0 aliphatic heterocycles. The zero-order valence-electron chi connectivity index (χ0n) is 17.0. The van der Waals surface area contributed by atoms with E-state index in [0.717, 1.165) is 21.6 Å². The lowest BCUT2D eigenvalue weighted by Gasteiger charge is -2.20. The van der Waals surface area contributed by atoms with Gasteiger partial charge in [-0.25, -0.2) is 4.98 Å². The van der Waals surface area contributed by atoms with E-state index in [-0.39, 0.29) is 12.5 Å². The number of hydrogen-bond donors (Lipinski definition) is 0. The smallest absolute Gasteiger partial charge is 0.266 e. The van der Waals surface area contributed by atoms with Crippen molar-refractivity contribution in [3.8, 4) is 5.75 Å². The Kier molecular flexibility index (Phi) is 6.46. The highest BCUT2D eigenvalue weighted by Crippen LogP contribution is 2.30. The van der Waals surface area contributed by atoms with Crippen LogP contribution in [0.1, 0.15) is 11.4 Å². The molecule has 0 atom stereocenters. The molecule has 0 saturated heterocycles. The molecule has 0 spiro atoms. The fraction of sp³-hybridized carbons (Fsp3) is 0.227. The number of benzene rings is 2. The Morgan fingerprint density at radius 3 is 2.68 bits per heavy atom. The van der Waals surface area contributed by atoms with Gasteiger partial charge in [-0.2, -0.15) is 5.10 Å². The molecule has 9 heteroatoms. The summed E-state index contributed by atoms with van der Waals surface area (Å²) < 4.78 is 8.59. The average molecular weight is 475 g/mol. The molecule has 2 heterocycles. The molecular formula is C22H20Cl2N4O2S. The SMILES string of the molecule is Cc1cc(C)n(CCN(C(=O)COc2ccc(Cl)cc2Cl)c2nc3ccccc3s2)n1. The summed E-state index contributed by atoms with van der Waals surface area (Å²) in [7, 11) is 0. The molecular weight excluding hydrogens is 455 g/mol. The van der Waals surface area contributed by atoms with Gasteiger partial charge in [0.1, 0.15) is 5.75 Å². The molecule has 0 unspecified atom stereocenters. The van der Waals surface area contributed by atoms with E-state index in [9.17, 15) is 4.79 Å². The summed E-state index contributed by atoms with van der Waals surface area (Å²) in [5.41, 5.74) is 2.84. The van der Waals surface area contributed by atoms with Crippen LogP contribution in [0.25, 0.3) is 10.2 Å². The summed E-state index contributed by atoms with van der Waals surface area (Å²) in [6.07, 6.45) is 0. The molecule has 0 fully saturated rings. The van der Waals surface area contributed by atoms with Crippen LogP contribution in [0.3, 0.4) is 0 Å². The standard InChI is InChI=1S/C22H20Cl2N4O2S/c1-14-11-15(2)28(26-14)10-9-27(22-25-18-5-3-4-6-20(18)31-22)21(29)13-30-19-8-7-16(23)12-17(19)24/h3-8,11-12H,9-10,13H2,1-2H3. The van der Waals surface area contributed by atoms with Crippen LogP contribution in [0.15, 0.2) is 48.5 Å². The van der Waals surface area contributed by atoms with Crippen LogP contribution in [0, 0.1) is 13.8 Å². The predicted octanol–water partition coefficient (Wildman–Crippen LogP) is 5.53. The Morgan fingerprint density at radius 2 is 1.97 bits per heavy atom. The maximum atomic E-state index is 13.2. The maximum absolute atomic E-state index is 13.2. The monoisotopic (exact) mass is 474 g/mol. The van der Waals surface area contributed by atoms with Crippen molar-refractivity contribution in [3.63, 3.8) is 0 Å². The first-order chi connectivity index (χ1) is 14.9. The minimum atomic E-state index is -0.216. The molecule has 0 bridgehead atoms. The lowest BCUT2D eigenvalue weighted by atomic mass is 10.3. The zero-order valence-corrected chi connectivity index (χ0v) is 19.3. The van der Waals surface area contributed by atoms with Crippen molar-refractivity contribution in [2.45, 2.75) is 20.4 Å². The van der Waals surface area contributed by atoms with Crippen LogP contribution in [0.4, 0.5) is 5.13 Å². The number of carbonyl (C=O) groups excluding carboxylic acids is 1. The summed E-state index contributed by atoms with van der Waals surface area (Å²) in [6, 6.07) is 14.7. The Labute approximate surface area is 194 Å². The predicted molar refractivity (Wildman–Crippen MR) is 126 cm³/mol. The molecule has 1 amide bonds.